The van der Waals surface area contributed by atoms with Gasteiger partial charge in [0.05, 0.1) is 6.04 Å². The highest BCUT2D eigenvalue weighted by atomic mass is 16.6. The SMILES string of the molecule is CC(C)(C)OC(=O)[C@@]1(O)[C@@H](N)CCCN1C(=O)CCCc1ccccc1. The van der Waals surface area contributed by atoms with Crippen LogP contribution in [0.25, 0.3) is 0 Å². The number of rotatable bonds is 5. The van der Waals surface area contributed by atoms with Crippen LogP contribution in [0.4, 0.5) is 0 Å². The van der Waals surface area contributed by atoms with Gasteiger partial charge < -0.3 is 20.5 Å². The van der Waals surface area contributed by atoms with Crippen LogP contribution in [-0.2, 0) is 20.7 Å². The number of esters is 1. The third-order valence-electron chi connectivity index (χ3n) is 4.52. The Morgan fingerprint density at radius 3 is 2.58 bits per heavy atom. The number of carbonyl (C=O) groups is 2. The van der Waals surface area contributed by atoms with E-state index in [4.69, 9.17) is 10.5 Å². The molecule has 6 heteroatoms. The minimum absolute atomic E-state index is 0.243. The van der Waals surface area contributed by atoms with Crippen LogP contribution in [0.3, 0.4) is 0 Å². The van der Waals surface area contributed by atoms with Gasteiger partial charge in [0.2, 0.25) is 5.91 Å². The van der Waals surface area contributed by atoms with Gasteiger partial charge in [-0.05, 0) is 52.0 Å². The molecule has 1 aromatic carbocycles. The molecule has 0 unspecified atom stereocenters. The molecule has 0 spiro atoms. The molecule has 2 rings (SSSR count). The van der Waals surface area contributed by atoms with Gasteiger partial charge in [0, 0.05) is 13.0 Å². The average molecular weight is 362 g/mol. The van der Waals surface area contributed by atoms with E-state index in [1.807, 2.05) is 30.3 Å². The van der Waals surface area contributed by atoms with Crippen molar-refractivity contribution in [3.63, 3.8) is 0 Å². The first-order chi connectivity index (χ1) is 12.1. The predicted octanol–water partition coefficient (Wildman–Crippen LogP) is 1.99. The Labute approximate surface area is 155 Å². The molecule has 1 aliphatic rings. The van der Waals surface area contributed by atoms with Crippen molar-refractivity contribution in [1.29, 1.82) is 0 Å². The predicted molar refractivity (Wildman–Crippen MR) is 99.1 cm³/mol. The topological polar surface area (TPSA) is 92.9 Å². The fourth-order valence-corrected chi connectivity index (χ4v) is 3.19. The third kappa shape index (κ3) is 4.83. The largest absolute Gasteiger partial charge is 0.456 e. The molecule has 0 saturated carbocycles. The maximum absolute atomic E-state index is 12.7. The fraction of sp³-hybridized carbons (Fsp3) is 0.600. The lowest BCUT2D eigenvalue weighted by Gasteiger charge is -2.45. The van der Waals surface area contributed by atoms with E-state index in [0.29, 0.717) is 25.8 Å². The number of nitrogens with two attached hydrogens (primary N) is 1. The average Bonchev–Trinajstić information content (AvgIpc) is 2.56. The Hall–Kier alpha value is -1.92. The number of ether oxygens (including phenoxy) is 1. The summed E-state index contributed by atoms with van der Waals surface area (Å²) < 4.78 is 5.34. The molecule has 0 radical (unpaired) electrons. The van der Waals surface area contributed by atoms with E-state index in [2.05, 4.69) is 0 Å². The summed E-state index contributed by atoms with van der Waals surface area (Å²) in [5.41, 5.74) is 4.31. The highest BCUT2D eigenvalue weighted by Crippen LogP contribution is 2.29. The maximum atomic E-state index is 12.7. The van der Waals surface area contributed by atoms with Crippen molar-refractivity contribution in [2.24, 2.45) is 5.73 Å². The summed E-state index contributed by atoms with van der Waals surface area (Å²) in [5, 5.41) is 11.0. The number of aliphatic hydroxyl groups is 1. The van der Waals surface area contributed by atoms with Gasteiger partial charge in [-0.2, -0.15) is 0 Å². The van der Waals surface area contributed by atoms with Gasteiger partial charge in [-0.3, -0.25) is 4.79 Å². The molecule has 3 N–H and O–H groups in total. The molecule has 0 bridgehead atoms. The zero-order chi connectivity index (χ0) is 19.4. The smallest absolute Gasteiger partial charge is 0.362 e. The van der Waals surface area contributed by atoms with Crippen LogP contribution < -0.4 is 5.73 Å². The van der Waals surface area contributed by atoms with Crippen LogP contribution in [0.15, 0.2) is 30.3 Å². The number of hydrogen-bond acceptors (Lipinski definition) is 5. The molecule has 1 heterocycles. The minimum atomic E-state index is -2.10. The molecular formula is C20H30N2O4. The van der Waals surface area contributed by atoms with E-state index < -0.39 is 23.3 Å². The minimum Gasteiger partial charge on any atom is -0.456 e. The van der Waals surface area contributed by atoms with Crippen LogP contribution in [0, 0.1) is 0 Å². The molecule has 6 nitrogen and oxygen atoms in total. The number of carbonyl (C=O) groups excluding carboxylic acids is 2. The molecule has 1 aliphatic heterocycles. The summed E-state index contributed by atoms with van der Waals surface area (Å²) in [6.07, 6.45) is 2.75. The Morgan fingerprint density at radius 2 is 1.96 bits per heavy atom. The van der Waals surface area contributed by atoms with E-state index in [-0.39, 0.29) is 12.3 Å². The van der Waals surface area contributed by atoms with Crippen molar-refractivity contribution in [1.82, 2.24) is 4.90 Å². The highest BCUT2D eigenvalue weighted by molar-refractivity contribution is 5.88. The first kappa shape index (κ1) is 20.4. The third-order valence-corrected chi connectivity index (χ3v) is 4.52. The van der Waals surface area contributed by atoms with E-state index >= 15 is 0 Å². The maximum Gasteiger partial charge on any atom is 0.362 e. The Balaban J connectivity index is 2.05. The van der Waals surface area contributed by atoms with Crippen LogP contribution >= 0.6 is 0 Å². The summed E-state index contributed by atoms with van der Waals surface area (Å²) in [6.45, 7) is 5.45. The quantitative estimate of drug-likeness (QED) is 0.782. The standard InChI is InChI=1S/C20H30N2O4/c1-19(2,3)26-18(24)20(25)16(21)12-8-14-22(20)17(23)13-7-11-15-9-5-4-6-10-15/h4-6,9-10,16,25H,7-8,11-14,21H2,1-3H3/t16-,20-/m0/s1. The lowest BCUT2D eigenvalue weighted by Crippen LogP contribution is -2.69. The summed E-state index contributed by atoms with van der Waals surface area (Å²) in [6, 6.07) is 9.04. The lowest BCUT2D eigenvalue weighted by atomic mass is 9.92. The monoisotopic (exact) mass is 362 g/mol. The number of benzene rings is 1. The molecule has 1 fully saturated rings. The van der Waals surface area contributed by atoms with E-state index in [1.165, 1.54) is 4.90 Å². The van der Waals surface area contributed by atoms with Crippen LogP contribution in [0.5, 0.6) is 0 Å². The molecule has 1 aromatic rings. The van der Waals surface area contributed by atoms with E-state index in [1.54, 1.807) is 20.8 Å². The molecule has 0 aliphatic carbocycles. The molecule has 1 amide bonds. The fourth-order valence-electron chi connectivity index (χ4n) is 3.19. The molecule has 1 saturated heterocycles. The van der Waals surface area contributed by atoms with E-state index in [0.717, 1.165) is 12.0 Å². The Morgan fingerprint density at radius 1 is 1.31 bits per heavy atom. The first-order valence-electron chi connectivity index (χ1n) is 9.20. The van der Waals surface area contributed by atoms with Crippen molar-refractivity contribution in [2.45, 2.75) is 70.2 Å². The molecule has 26 heavy (non-hydrogen) atoms. The van der Waals surface area contributed by atoms with Crippen molar-refractivity contribution < 1.29 is 19.4 Å². The number of likely N-dealkylation sites (tertiary alicyclic amines) is 1. The molecule has 0 aromatic heterocycles. The van der Waals surface area contributed by atoms with Gasteiger partial charge in [-0.15, -0.1) is 0 Å². The number of amides is 1. The van der Waals surface area contributed by atoms with Gasteiger partial charge in [0.25, 0.3) is 5.72 Å². The second-order valence-electron chi connectivity index (χ2n) is 7.86. The zero-order valence-corrected chi connectivity index (χ0v) is 15.9. The number of aryl methyl sites for hydroxylation is 1. The van der Waals surface area contributed by atoms with Gasteiger partial charge in [-0.25, -0.2) is 4.79 Å². The number of nitrogens with zero attached hydrogens (tertiary/aromatic N) is 1. The Bertz CT molecular complexity index is 626. The van der Waals surface area contributed by atoms with Gasteiger partial charge >= 0.3 is 5.97 Å². The summed E-state index contributed by atoms with van der Waals surface area (Å²) in [7, 11) is 0. The number of piperidine rings is 1. The second-order valence-corrected chi connectivity index (χ2v) is 7.86. The van der Waals surface area contributed by atoms with Crippen molar-refractivity contribution in [2.75, 3.05) is 6.54 Å². The van der Waals surface area contributed by atoms with Gasteiger partial charge in [0.15, 0.2) is 0 Å². The van der Waals surface area contributed by atoms with E-state index in [9.17, 15) is 14.7 Å². The van der Waals surface area contributed by atoms with Gasteiger partial charge in [-0.1, -0.05) is 30.3 Å². The highest BCUT2D eigenvalue weighted by Gasteiger charge is 2.53. The normalized spacial score (nSPS) is 23.6. The van der Waals surface area contributed by atoms with Crippen LogP contribution in [0.1, 0.15) is 52.0 Å². The Kier molecular flexibility index (Phi) is 6.42. The van der Waals surface area contributed by atoms with Crippen LogP contribution in [-0.4, -0.2) is 45.8 Å². The lowest BCUT2D eigenvalue weighted by molar-refractivity contribution is -0.212. The van der Waals surface area contributed by atoms with Crippen molar-refractivity contribution >= 4 is 11.9 Å². The molecule has 2 atom stereocenters. The summed E-state index contributed by atoms with van der Waals surface area (Å²) in [5.74, 6) is -1.13. The van der Waals surface area contributed by atoms with Crippen molar-refractivity contribution in [3.05, 3.63) is 35.9 Å². The van der Waals surface area contributed by atoms with Crippen molar-refractivity contribution in [3.8, 4) is 0 Å². The second kappa shape index (κ2) is 8.18. The number of hydrogen-bond donors (Lipinski definition) is 2. The van der Waals surface area contributed by atoms with Crippen LogP contribution in [0.2, 0.25) is 0 Å². The molecular weight excluding hydrogens is 332 g/mol. The molecule has 144 valence electrons. The van der Waals surface area contributed by atoms with Gasteiger partial charge in [0.1, 0.15) is 5.60 Å². The zero-order valence-electron chi connectivity index (χ0n) is 15.9. The summed E-state index contributed by atoms with van der Waals surface area (Å²) in [4.78, 5) is 26.5. The first-order valence-corrected chi connectivity index (χ1v) is 9.20. The summed E-state index contributed by atoms with van der Waals surface area (Å²) >= 11 is 0.